The van der Waals surface area contributed by atoms with Gasteiger partial charge in [0.05, 0.1) is 6.61 Å². The Morgan fingerprint density at radius 1 is 1.00 bits per heavy atom. The smallest absolute Gasteiger partial charge is 0.330 e. The lowest BCUT2D eigenvalue weighted by molar-refractivity contribution is -0.149. The van der Waals surface area contributed by atoms with Gasteiger partial charge in [0.1, 0.15) is 6.17 Å². The zero-order valence-electron chi connectivity index (χ0n) is 24.0. The number of unbranched alkanes of at least 4 members (excludes halogenated alkanes) is 1. The fraction of sp³-hybridized carbons (Fsp3) is 1.00. The number of hydrogen-bond donors (Lipinski definition) is 4. The van der Waals surface area contributed by atoms with Gasteiger partial charge in [-0.2, -0.15) is 8.42 Å². The van der Waals surface area contributed by atoms with Crippen molar-refractivity contribution in [1.29, 1.82) is 0 Å². The largest absolute Gasteiger partial charge is 0.397 e. The number of nitrogens with two attached hydrogens (primary N) is 1. The molecule has 222 valence electrons. The molecule has 4 aliphatic carbocycles. The van der Waals surface area contributed by atoms with Gasteiger partial charge in [0, 0.05) is 6.04 Å². The zero-order valence-corrected chi connectivity index (χ0v) is 24.8. The zero-order chi connectivity index (χ0) is 27.6. The first-order valence-corrected chi connectivity index (χ1v) is 16.8. The third kappa shape index (κ3) is 6.59. The van der Waals surface area contributed by atoms with Crippen LogP contribution in [0, 0.1) is 46.3 Å². The summed E-state index contributed by atoms with van der Waals surface area (Å²) in [5, 5.41) is 7.29. The van der Waals surface area contributed by atoms with Crippen molar-refractivity contribution in [3.63, 3.8) is 0 Å². The predicted octanol–water partition coefficient (Wildman–Crippen LogP) is 4.73. The summed E-state index contributed by atoms with van der Waals surface area (Å²) >= 11 is 0. The van der Waals surface area contributed by atoms with Crippen LogP contribution in [0.3, 0.4) is 0 Å². The van der Waals surface area contributed by atoms with Crippen LogP contribution in [0.1, 0.15) is 91.4 Å². The van der Waals surface area contributed by atoms with Gasteiger partial charge in [0.2, 0.25) is 0 Å². The Morgan fingerprint density at radius 2 is 1.71 bits per heavy atom. The highest BCUT2D eigenvalue weighted by atomic mass is 32.3. The van der Waals surface area contributed by atoms with Gasteiger partial charge in [-0.05, 0) is 143 Å². The molecule has 5 N–H and O–H groups in total. The van der Waals surface area contributed by atoms with E-state index in [0.29, 0.717) is 36.1 Å². The molecule has 0 saturated heterocycles. The number of rotatable bonds is 13. The van der Waals surface area contributed by atoms with Gasteiger partial charge in [-0.3, -0.25) is 4.55 Å². The molecule has 4 aliphatic rings. The van der Waals surface area contributed by atoms with Crippen molar-refractivity contribution in [2.45, 2.75) is 104 Å². The molecule has 9 heteroatoms. The van der Waals surface area contributed by atoms with Crippen molar-refractivity contribution in [3.05, 3.63) is 0 Å². The maximum absolute atomic E-state index is 16.1. The molecule has 0 aliphatic heterocycles. The van der Waals surface area contributed by atoms with Crippen molar-refractivity contribution in [2.24, 2.45) is 52.1 Å². The second kappa shape index (κ2) is 12.7. The minimum Gasteiger partial charge on any atom is -0.330 e. The van der Waals surface area contributed by atoms with Crippen molar-refractivity contribution in [1.82, 2.24) is 10.6 Å². The third-order valence-corrected chi connectivity index (χ3v) is 12.1. The second-order valence-corrected chi connectivity index (χ2v) is 14.8. The van der Waals surface area contributed by atoms with E-state index in [0.717, 1.165) is 77.5 Å². The van der Waals surface area contributed by atoms with Gasteiger partial charge >= 0.3 is 10.4 Å². The van der Waals surface area contributed by atoms with E-state index >= 15 is 4.39 Å². The van der Waals surface area contributed by atoms with Crippen LogP contribution in [0.2, 0.25) is 0 Å². The summed E-state index contributed by atoms with van der Waals surface area (Å²) in [6.45, 7) is 10.7. The summed E-state index contributed by atoms with van der Waals surface area (Å²) in [5.41, 5.74) is 5.78. The molecule has 0 amide bonds. The quantitative estimate of drug-likeness (QED) is 0.191. The van der Waals surface area contributed by atoms with Crippen LogP contribution in [0.25, 0.3) is 0 Å². The standard InChI is InChI=1S/C29H54FN3O4S/c1-20(19-37-38(34,35)36)23-7-8-24-27-25(10-12-29(23,24)3)28(2)11-9-22(17-21(28)18-26(27)30)33-16-6-15-32-14-5-4-13-31/h20-27,32-33H,4-19,31H2,1-3H3,(H,34,35,36)/t20-,21-,22-,23-,24+,25+,26-,27+,28+,29-/m1/s1. The maximum Gasteiger partial charge on any atom is 0.397 e. The molecule has 4 fully saturated rings. The van der Waals surface area contributed by atoms with Crippen LogP contribution in [0.5, 0.6) is 0 Å². The van der Waals surface area contributed by atoms with Gasteiger partial charge in [-0.15, -0.1) is 0 Å². The highest BCUT2D eigenvalue weighted by molar-refractivity contribution is 7.80. The molecule has 4 saturated carbocycles. The summed E-state index contributed by atoms with van der Waals surface area (Å²) in [5.74, 6) is 1.66. The molecule has 0 spiro atoms. The van der Waals surface area contributed by atoms with E-state index in [2.05, 4.69) is 24.5 Å². The summed E-state index contributed by atoms with van der Waals surface area (Å²) in [6, 6.07) is 0.502. The molecule has 4 rings (SSSR count). The van der Waals surface area contributed by atoms with E-state index in [9.17, 15) is 8.42 Å². The lowest BCUT2D eigenvalue weighted by Crippen LogP contribution is -2.58. The summed E-state index contributed by atoms with van der Waals surface area (Å²) in [6.07, 6.45) is 10.9. The Hall–Kier alpha value is -0.320. The van der Waals surface area contributed by atoms with E-state index in [1.807, 2.05) is 6.92 Å². The Balaban J connectivity index is 1.32. The topological polar surface area (TPSA) is 114 Å². The molecule has 7 nitrogen and oxygen atoms in total. The highest BCUT2D eigenvalue weighted by Gasteiger charge is 2.63. The Labute approximate surface area is 230 Å². The fourth-order valence-corrected chi connectivity index (χ4v) is 10.1. The van der Waals surface area contributed by atoms with Gasteiger partial charge in [-0.25, -0.2) is 8.57 Å². The number of fused-ring (bicyclic) bond motifs is 5. The van der Waals surface area contributed by atoms with Crippen LogP contribution in [-0.2, 0) is 14.6 Å². The van der Waals surface area contributed by atoms with Crippen LogP contribution in [0.4, 0.5) is 4.39 Å². The van der Waals surface area contributed by atoms with E-state index < -0.39 is 16.6 Å². The number of hydrogen-bond acceptors (Lipinski definition) is 6. The average molecular weight is 560 g/mol. The van der Waals surface area contributed by atoms with Crippen LogP contribution < -0.4 is 16.4 Å². The van der Waals surface area contributed by atoms with Gasteiger partial charge in [0.15, 0.2) is 0 Å². The normalized spacial score (nSPS) is 41.8. The third-order valence-electron chi connectivity index (χ3n) is 11.7. The molecular weight excluding hydrogens is 505 g/mol. The lowest BCUT2D eigenvalue weighted by Gasteiger charge is -2.62. The van der Waals surface area contributed by atoms with Crippen molar-refractivity contribution >= 4 is 10.4 Å². The van der Waals surface area contributed by atoms with Crippen LogP contribution >= 0.6 is 0 Å². The van der Waals surface area contributed by atoms with Crippen molar-refractivity contribution in [2.75, 3.05) is 32.8 Å². The molecule has 0 aromatic heterocycles. The Kier molecular flexibility index (Phi) is 10.2. The Morgan fingerprint density at radius 3 is 2.45 bits per heavy atom. The number of halogens is 1. The summed E-state index contributed by atoms with van der Waals surface area (Å²) in [7, 11) is -4.44. The maximum atomic E-state index is 16.1. The fourth-order valence-electron chi connectivity index (χ4n) is 9.68. The first kappa shape index (κ1) is 30.6. The highest BCUT2D eigenvalue weighted by Crippen LogP contribution is 2.68. The van der Waals surface area contributed by atoms with Gasteiger partial charge in [-0.1, -0.05) is 20.8 Å². The first-order valence-electron chi connectivity index (χ1n) is 15.4. The SMILES string of the molecule is C[C@H](COS(=O)(=O)O)[C@H]1CC[C@H]2[C@@H]3[C@H](F)C[C@H]4C[C@H](NCCCNCCCCN)CC[C@]4(C)[C@H]3CC[C@]12C. The monoisotopic (exact) mass is 559 g/mol. The van der Waals surface area contributed by atoms with E-state index in [1.54, 1.807) is 0 Å². The first-order chi connectivity index (χ1) is 18.0. The number of nitrogens with one attached hydrogen (secondary N) is 2. The van der Waals surface area contributed by atoms with E-state index in [-0.39, 0.29) is 29.3 Å². The minimum absolute atomic E-state index is 0.00250. The lowest BCUT2D eigenvalue weighted by atomic mass is 9.44. The predicted molar refractivity (Wildman–Crippen MR) is 150 cm³/mol. The molecule has 38 heavy (non-hydrogen) atoms. The summed E-state index contributed by atoms with van der Waals surface area (Å²) < 4.78 is 52.2. The molecule has 0 bridgehead atoms. The molecule has 10 atom stereocenters. The van der Waals surface area contributed by atoms with Crippen LogP contribution in [-0.4, -0.2) is 58.0 Å². The van der Waals surface area contributed by atoms with E-state index in [4.69, 9.17) is 14.5 Å². The molecule has 0 unspecified atom stereocenters. The van der Waals surface area contributed by atoms with Gasteiger partial charge in [0.25, 0.3) is 0 Å². The molecule has 0 aromatic carbocycles. The average Bonchev–Trinajstić information content (AvgIpc) is 3.21. The summed E-state index contributed by atoms with van der Waals surface area (Å²) in [4.78, 5) is 0. The molecular formula is C29H54FN3O4S. The molecule has 0 aromatic rings. The molecule has 0 radical (unpaired) electrons. The van der Waals surface area contributed by atoms with E-state index in [1.165, 1.54) is 12.8 Å². The minimum atomic E-state index is -4.44. The van der Waals surface area contributed by atoms with Crippen LogP contribution in [0.15, 0.2) is 0 Å². The van der Waals surface area contributed by atoms with Crippen molar-refractivity contribution < 1.29 is 21.5 Å². The number of alkyl halides is 1. The molecule has 0 heterocycles. The second-order valence-electron chi connectivity index (χ2n) is 13.7. The van der Waals surface area contributed by atoms with Crippen molar-refractivity contribution in [3.8, 4) is 0 Å². The van der Waals surface area contributed by atoms with Gasteiger partial charge < -0.3 is 16.4 Å². The Bertz CT molecular complexity index is 878.